The number of aromatic nitrogens is 1. The standard InChI is InChI=1S/C23H20ClFN4O5S/c1-33-19(30)5-4-15-17(11-29-7-8-34-12-18(29)23(31)32)27-21(22-26-6-9-35-22)28-20(15)14-3-2-13(25)10-16(14)24/h2-3,6,9-10,18,20H,7-8,11-12H2,1H3,(H,27,28)(H,31,32). The minimum atomic E-state index is -1.02. The number of carbonyl (C=O) groups is 2. The van der Waals surface area contributed by atoms with Gasteiger partial charge < -0.3 is 19.9 Å². The van der Waals surface area contributed by atoms with E-state index < -0.39 is 29.8 Å². The van der Waals surface area contributed by atoms with Crippen LogP contribution in [0, 0.1) is 17.7 Å². The fourth-order valence-electron chi connectivity index (χ4n) is 3.69. The molecular weight excluding hydrogens is 499 g/mol. The van der Waals surface area contributed by atoms with E-state index in [9.17, 15) is 19.1 Å². The molecule has 2 aliphatic rings. The number of carboxylic acid groups (broad SMARTS) is 1. The van der Waals surface area contributed by atoms with E-state index in [0.717, 1.165) is 0 Å². The monoisotopic (exact) mass is 518 g/mol. The molecule has 1 aromatic heterocycles. The van der Waals surface area contributed by atoms with E-state index in [1.165, 1.54) is 36.6 Å². The lowest BCUT2D eigenvalue weighted by atomic mass is 9.95. The van der Waals surface area contributed by atoms with Crippen LogP contribution in [-0.4, -0.2) is 72.2 Å². The first kappa shape index (κ1) is 24.8. The SMILES string of the molecule is COC(=O)C#CC1=C(CN2CCOCC2C(=O)O)NC(c2nccs2)=NC1c1ccc(F)cc1Cl. The van der Waals surface area contributed by atoms with Crippen molar-refractivity contribution in [3.63, 3.8) is 0 Å². The molecule has 1 aromatic carbocycles. The summed E-state index contributed by atoms with van der Waals surface area (Å²) < 4.78 is 23.8. The normalized spacial score (nSPS) is 20.4. The highest BCUT2D eigenvalue weighted by atomic mass is 35.5. The van der Waals surface area contributed by atoms with Crippen molar-refractivity contribution in [2.24, 2.45) is 4.99 Å². The van der Waals surface area contributed by atoms with Gasteiger partial charge in [0.1, 0.15) is 17.9 Å². The Kier molecular flexibility index (Phi) is 7.77. The molecule has 2 aromatic rings. The maximum Gasteiger partial charge on any atom is 0.384 e. The lowest BCUT2D eigenvalue weighted by Gasteiger charge is -2.35. The molecular formula is C23H20ClFN4O5S. The van der Waals surface area contributed by atoms with E-state index in [-0.39, 0.29) is 18.2 Å². The number of amidine groups is 1. The molecule has 35 heavy (non-hydrogen) atoms. The third kappa shape index (κ3) is 5.68. The van der Waals surface area contributed by atoms with Crippen LogP contribution in [0.5, 0.6) is 0 Å². The Morgan fingerprint density at radius 1 is 1.46 bits per heavy atom. The molecule has 1 saturated heterocycles. The Labute approximate surface area is 209 Å². The van der Waals surface area contributed by atoms with Gasteiger partial charge in [0.05, 0.1) is 25.9 Å². The fourth-order valence-corrected chi connectivity index (χ4v) is 4.55. The summed E-state index contributed by atoms with van der Waals surface area (Å²) in [5, 5.41) is 15.4. The number of aliphatic carboxylic acids is 1. The summed E-state index contributed by atoms with van der Waals surface area (Å²) >= 11 is 7.74. The van der Waals surface area contributed by atoms with E-state index in [0.29, 0.717) is 40.8 Å². The zero-order valence-electron chi connectivity index (χ0n) is 18.5. The van der Waals surface area contributed by atoms with Crippen LogP contribution < -0.4 is 5.32 Å². The predicted molar refractivity (Wildman–Crippen MR) is 127 cm³/mol. The minimum absolute atomic E-state index is 0.0342. The number of carbonyl (C=O) groups excluding carboxylic acids is 1. The van der Waals surface area contributed by atoms with Crippen molar-refractivity contribution in [2.75, 3.05) is 33.4 Å². The molecule has 2 N–H and O–H groups in total. The van der Waals surface area contributed by atoms with Crippen LogP contribution in [0.25, 0.3) is 0 Å². The Bertz CT molecular complexity index is 1250. The number of carboxylic acids is 1. The van der Waals surface area contributed by atoms with Crippen LogP contribution in [-0.2, 0) is 19.1 Å². The highest BCUT2D eigenvalue weighted by Gasteiger charge is 2.34. The van der Waals surface area contributed by atoms with Crippen molar-refractivity contribution < 1.29 is 28.6 Å². The van der Waals surface area contributed by atoms with Crippen LogP contribution in [0.3, 0.4) is 0 Å². The molecule has 0 bridgehead atoms. The van der Waals surface area contributed by atoms with Gasteiger partial charge in [0.25, 0.3) is 0 Å². The molecule has 3 heterocycles. The average molecular weight is 519 g/mol. The van der Waals surface area contributed by atoms with E-state index >= 15 is 0 Å². The van der Waals surface area contributed by atoms with E-state index in [4.69, 9.17) is 21.3 Å². The van der Waals surface area contributed by atoms with Gasteiger partial charge in [0, 0.05) is 46.9 Å². The number of ether oxygens (including phenoxy) is 2. The number of morpholine rings is 1. The van der Waals surface area contributed by atoms with E-state index in [2.05, 4.69) is 26.9 Å². The van der Waals surface area contributed by atoms with Crippen LogP contribution in [0.15, 0.2) is 46.0 Å². The Balaban J connectivity index is 1.85. The second kappa shape index (κ2) is 11.0. The topological polar surface area (TPSA) is 113 Å². The van der Waals surface area contributed by atoms with Gasteiger partial charge in [0.2, 0.25) is 0 Å². The second-order valence-electron chi connectivity index (χ2n) is 7.54. The summed E-state index contributed by atoms with van der Waals surface area (Å²) in [6.45, 7) is 0.907. The molecule has 4 rings (SSSR count). The highest BCUT2D eigenvalue weighted by molar-refractivity contribution is 7.11. The number of hydrogen-bond donors (Lipinski definition) is 2. The van der Waals surface area contributed by atoms with Crippen molar-refractivity contribution in [3.05, 3.63) is 62.5 Å². The third-order valence-electron chi connectivity index (χ3n) is 5.39. The lowest BCUT2D eigenvalue weighted by Crippen LogP contribution is -2.52. The zero-order valence-corrected chi connectivity index (χ0v) is 20.0. The van der Waals surface area contributed by atoms with E-state index in [1.54, 1.807) is 16.5 Å². The summed E-state index contributed by atoms with van der Waals surface area (Å²) in [7, 11) is 1.21. The number of rotatable bonds is 5. The van der Waals surface area contributed by atoms with Crippen molar-refractivity contribution in [1.29, 1.82) is 0 Å². The Morgan fingerprint density at radius 2 is 2.29 bits per heavy atom. The second-order valence-corrected chi connectivity index (χ2v) is 8.84. The Hall–Kier alpha value is -3.30. The van der Waals surface area contributed by atoms with Crippen molar-refractivity contribution in [3.8, 4) is 11.8 Å². The molecule has 0 saturated carbocycles. The number of aliphatic imine (C=N–C) groups is 1. The molecule has 182 valence electrons. The number of nitrogens with one attached hydrogen (secondary N) is 1. The highest BCUT2D eigenvalue weighted by Crippen LogP contribution is 2.36. The number of hydrogen-bond acceptors (Lipinski definition) is 9. The third-order valence-corrected chi connectivity index (χ3v) is 6.50. The molecule has 2 unspecified atom stereocenters. The minimum Gasteiger partial charge on any atom is -0.480 e. The number of methoxy groups -OCH3 is 1. The maximum atomic E-state index is 13.8. The molecule has 9 nitrogen and oxygen atoms in total. The smallest absolute Gasteiger partial charge is 0.384 e. The van der Waals surface area contributed by atoms with Crippen molar-refractivity contribution in [1.82, 2.24) is 15.2 Å². The number of thiazole rings is 1. The van der Waals surface area contributed by atoms with Crippen molar-refractivity contribution in [2.45, 2.75) is 12.1 Å². The molecule has 2 atom stereocenters. The van der Waals surface area contributed by atoms with Crippen LogP contribution in [0.4, 0.5) is 4.39 Å². The number of esters is 1. The Morgan fingerprint density at radius 3 is 2.97 bits per heavy atom. The van der Waals surface area contributed by atoms with Crippen LogP contribution >= 0.6 is 22.9 Å². The molecule has 0 amide bonds. The van der Waals surface area contributed by atoms with Crippen LogP contribution in [0.1, 0.15) is 16.6 Å². The van der Waals surface area contributed by atoms with Gasteiger partial charge in [-0.05, 0) is 12.1 Å². The van der Waals surface area contributed by atoms with Gasteiger partial charge in [-0.25, -0.2) is 14.2 Å². The molecule has 0 spiro atoms. The maximum absolute atomic E-state index is 13.8. The van der Waals surface area contributed by atoms with Crippen molar-refractivity contribution >= 4 is 40.7 Å². The number of benzene rings is 1. The van der Waals surface area contributed by atoms with Crippen LogP contribution in [0.2, 0.25) is 5.02 Å². The first-order chi connectivity index (χ1) is 16.9. The van der Waals surface area contributed by atoms with Gasteiger partial charge in [-0.1, -0.05) is 23.6 Å². The summed E-state index contributed by atoms with van der Waals surface area (Å²) in [6.07, 6.45) is 1.63. The number of halogens is 2. The molecule has 0 aliphatic carbocycles. The molecule has 0 radical (unpaired) electrons. The van der Waals surface area contributed by atoms with Gasteiger partial charge >= 0.3 is 11.9 Å². The fraction of sp³-hybridized carbons (Fsp3) is 0.304. The molecule has 12 heteroatoms. The van der Waals surface area contributed by atoms with Gasteiger partial charge in [-0.3, -0.25) is 14.7 Å². The zero-order chi connectivity index (χ0) is 24.9. The largest absolute Gasteiger partial charge is 0.480 e. The summed E-state index contributed by atoms with van der Waals surface area (Å²) in [4.78, 5) is 34.5. The number of nitrogens with zero attached hydrogens (tertiary/aromatic N) is 3. The predicted octanol–water partition coefficient (Wildman–Crippen LogP) is 2.24. The van der Waals surface area contributed by atoms with E-state index in [1.807, 2.05) is 0 Å². The first-order valence-corrected chi connectivity index (χ1v) is 11.7. The quantitative estimate of drug-likeness (QED) is 0.352. The summed E-state index contributed by atoms with van der Waals surface area (Å²) in [5.74, 6) is 3.37. The summed E-state index contributed by atoms with van der Waals surface area (Å²) in [6, 6.07) is 2.26. The lowest BCUT2D eigenvalue weighted by molar-refractivity contribution is -0.149. The van der Waals surface area contributed by atoms with Gasteiger partial charge in [-0.2, -0.15) is 0 Å². The average Bonchev–Trinajstić information content (AvgIpc) is 3.38. The summed E-state index contributed by atoms with van der Waals surface area (Å²) in [5.41, 5.74) is 1.35. The van der Waals surface area contributed by atoms with Gasteiger partial charge in [-0.15, -0.1) is 11.3 Å². The molecule has 1 fully saturated rings. The van der Waals surface area contributed by atoms with Gasteiger partial charge in [0.15, 0.2) is 10.8 Å². The molecule has 2 aliphatic heterocycles. The first-order valence-electron chi connectivity index (χ1n) is 10.4.